The lowest BCUT2D eigenvalue weighted by Gasteiger charge is -2.16. The highest BCUT2D eigenvalue weighted by atomic mass is 79.9. The molecule has 0 saturated heterocycles. The first-order valence-corrected chi connectivity index (χ1v) is 6.68. The lowest BCUT2D eigenvalue weighted by molar-refractivity contribution is 1.13. The molecule has 0 aliphatic heterocycles. The fraction of sp³-hybridized carbons (Fsp3) is 0.182. The summed E-state index contributed by atoms with van der Waals surface area (Å²) in [5, 5.41) is 1.08. The van der Waals surface area contributed by atoms with Crippen LogP contribution in [0.5, 0.6) is 0 Å². The van der Waals surface area contributed by atoms with Crippen LogP contribution in [0.3, 0.4) is 0 Å². The molecule has 2 aromatic rings. The van der Waals surface area contributed by atoms with Gasteiger partial charge in [-0.05, 0) is 46.6 Å². The van der Waals surface area contributed by atoms with Gasteiger partial charge in [0, 0.05) is 17.7 Å². The zero-order chi connectivity index (χ0) is 11.7. The van der Waals surface area contributed by atoms with Gasteiger partial charge in [0.1, 0.15) is 5.82 Å². The minimum atomic E-state index is 0.788. The summed E-state index contributed by atoms with van der Waals surface area (Å²) in [6, 6.07) is 5.92. The fourth-order valence-electron chi connectivity index (χ4n) is 1.31. The molecule has 0 saturated carbocycles. The van der Waals surface area contributed by atoms with Gasteiger partial charge in [-0.3, -0.25) is 0 Å². The molecule has 2 aromatic heterocycles. The summed E-state index contributed by atoms with van der Waals surface area (Å²) < 4.78 is 1.81. The van der Waals surface area contributed by atoms with Gasteiger partial charge in [0.15, 0.2) is 0 Å². The molecule has 0 spiro atoms. The molecule has 2 nitrogen and oxygen atoms in total. The van der Waals surface area contributed by atoms with Gasteiger partial charge in [-0.25, -0.2) is 4.98 Å². The Kier molecular flexibility index (Phi) is 3.52. The summed E-state index contributed by atoms with van der Waals surface area (Å²) >= 11 is 10.9. The number of rotatable bonds is 2. The lowest BCUT2D eigenvalue weighted by Crippen LogP contribution is -2.09. The van der Waals surface area contributed by atoms with Crippen molar-refractivity contribution in [1.29, 1.82) is 0 Å². The van der Waals surface area contributed by atoms with Gasteiger partial charge in [0.25, 0.3) is 0 Å². The van der Waals surface area contributed by atoms with Crippen molar-refractivity contribution >= 4 is 49.7 Å². The summed E-state index contributed by atoms with van der Waals surface area (Å²) in [5.41, 5.74) is 1.17. The molecule has 2 rings (SSSR count). The van der Waals surface area contributed by atoms with Crippen LogP contribution in [0.2, 0.25) is 4.34 Å². The monoisotopic (exact) mass is 316 g/mol. The molecular formula is C11H10BrClN2S. The Bertz CT molecular complexity index is 512. The van der Waals surface area contributed by atoms with Crippen molar-refractivity contribution in [1.82, 2.24) is 4.98 Å². The van der Waals surface area contributed by atoms with Gasteiger partial charge in [-0.1, -0.05) is 11.6 Å². The second-order valence-electron chi connectivity index (χ2n) is 3.43. The Morgan fingerprint density at radius 2 is 2.19 bits per heavy atom. The van der Waals surface area contributed by atoms with Crippen LogP contribution in [0, 0.1) is 6.92 Å². The Hall–Kier alpha value is -0.580. The van der Waals surface area contributed by atoms with E-state index in [-0.39, 0.29) is 0 Å². The third-order valence-electron chi connectivity index (χ3n) is 2.27. The van der Waals surface area contributed by atoms with Gasteiger partial charge >= 0.3 is 0 Å². The standard InChI is InChI=1S/C11H10BrClN2S/c1-7-5-10(14-6-8(7)12)15(2)11-4-3-9(13)16-11/h3-6H,1-2H3. The smallest absolute Gasteiger partial charge is 0.133 e. The van der Waals surface area contributed by atoms with E-state index in [0.29, 0.717) is 0 Å². The summed E-state index contributed by atoms with van der Waals surface area (Å²) in [6.07, 6.45) is 1.82. The van der Waals surface area contributed by atoms with Crippen molar-refractivity contribution in [3.63, 3.8) is 0 Å². The minimum Gasteiger partial charge on any atom is -0.321 e. The van der Waals surface area contributed by atoms with E-state index in [4.69, 9.17) is 11.6 Å². The predicted octanol–water partition coefficient (Wildman–Crippen LogP) is 4.64. The van der Waals surface area contributed by atoms with Gasteiger partial charge in [0.2, 0.25) is 0 Å². The lowest BCUT2D eigenvalue weighted by atomic mass is 10.3. The maximum atomic E-state index is 5.91. The fourth-order valence-corrected chi connectivity index (χ4v) is 2.53. The minimum absolute atomic E-state index is 0.788. The highest BCUT2D eigenvalue weighted by molar-refractivity contribution is 9.10. The van der Waals surface area contributed by atoms with Crippen LogP contribution < -0.4 is 4.90 Å². The van der Waals surface area contributed by atoms with E-state index in [1.807, 2.05) is 43.3 Å². The molecule has 0 atom stereocenters. The van der Waals surface area contributed by atoms with E-state index < -0.39 is 0 Å². The number of hydrogen-bond donors (Lipinski definition) is 0. The molecule has 0 amide bonds. The van der Waals surface area contributed by atoms with Crippen LogP contribution >= 0.6 is 38.9 Å². The van der Waals surface area contributed by atoms with Crippen molar-refractivity contribution in [3.8, 4) is 0 Å². The van der Waals surface area contributed by atoms with Crippen molar-refractivity contribution < 1.29 is 0 Å². The molecular weight excluding hydrogens is 308 g/mol. The Labute approximate surface area is 112 Å². The highest BCUT2D eigenvalue weighted by Crippen LogP contribution is 2.33. The SMILES string of the molecule is Cc1cc(N(C)c2ccc(Cl)s2)ncc1Br. The van der Waals surface area contributed by atoms with Crippen LogP contribution in [0.4, 0.5) is 10.8 Å². The van der Waals surface area contributed by atoms with Crippen LogP contribution in [0.1, 0.15) is 5.56 Å². The maximum absolute atomic E-state index is 5.91. The van der Waals surface area contributed by atoms with Crippen LogP contribution in [-0.2, 0) is 0 Å². The molecule has 0 radical (unpaired) electrons. The van der Waals surface area contributed by atoms with E-state index in [2.05, 4.69) is 20.9 Å². The van der Waals surface area contributed by atoms with E-state index in [9.17, 15) is 0 Å². The number of anilines is 2. The molecule has 0 fully saturated rings. The Morgan fingerprint density at radius 1 is 1.44 bits per heavy atom. The average molecular weight is 318 g/mol. The molecule has 0 aromatic carbocycles. The van der Waals surface area contributed by atoms with Crippen molar-refractivity contribution in [2.24, 2.45) is 0 Å². The number of pyridine rings is 1. The molecule has 0 aliphatic carbocycles. The van der Waals surface area contributed by atoms with E-state index in [1.165, 1.54) is 5.56 Å². The van der Waals surface area contributed by atoms with Crippen molar-refractivity contribution in [3.05, 3.63) is 38.8 Å². The van der Waals surface area contributed by atoms with Gasteiger partial charge in [-0.2, -0.15) is 0 Å². The van der Waals surface area contributed by atoms with Gasteiger partial charge < -0.3 is 4.90 Å². The van der Waals surface area contributed by atoms with Crippen LogP contribution in [0.25, 0.3) is 0 Å². The number of hydrogen-bond acceptors (Lipinski definition) is 3. The number of halogens is 2. The van der Waals surface area contributed by atoms with Gasteiger partial charge in [0.05, 0.1) is 9.34 Å². The van der Waals surface area contributed by atoms with Crippen LogP contribution in [0.15, 0.2) is 28.9 Å². The molecule has 16 heavy (non-hydrogen) atoms. The van der Waals surface area contributed by atoms with Crippen LogP contribution in [-0.4, -0.2) is 12.0 Å². The maximum Gasteiger partial charge on any atom is 0.133 e. The van der Waals surface area contributed by atoms with E-state index >= 15 is 0 Å². The molecule has 5 heteroatoms. The molecule has 0 aliphatic rings. The Morgan fingerprint density at radius 3 is 2.75 bits per heavy atom. The van der Waals surface area contributed by atoms with Gasteiger partial charge in [-0.15, -0.1) is 11.3 Å². The average Bonchev–Trinajstić information content (AvgIpc) is 2.68. The first kappa shape index (κ1) is 11.9. The molecule has 0 bridgehead atoms. The largest absolute Gasteiger partial charge is 0.321 e. The summed E-state index contributed by atoms with van der Waals surface area (Å²) in [5.74, 6) is 0.916. The molecule has 2 heterocycles. The Balaban J connectivity index is 2.33. The molecule has 0 N–H and O–H groups in total. The summed E-state index contributed by atoms with van der Waals surface area (Å²) in [4.78, 5) is 6.39. The second kappa shape index (κ2) is 4.73. The second-order valence-corrected chi connectivity index (χ2v) is 5.98. The number of aromatic nitrogens is 1. The molecule has 84 valence electrons. The van der Waals surface area contributed by atoms with E-state index in [0.717, 1.165) is 19.6 Å². The number of nitrogens with zero attached hydrogens (tertiary/aromatic N) is 2. The van der Waals surface area contributed by atoms with E-state index in [1.54, 1.807) is 11.3 Å². The zero-order valence-corrected chi connectivity index (χ0v) is 12.0. The normalized spacial score (nSPS) is 10.5. The predicted molar refractivity (Wildman–Crippen MR) is 74.1 cm³/mol. The third kappa shape index (κ3) is 2.39. The highest BCUT2D eigenvalue weighted by Gasteiger charge is 2.08. The molecule has 0 unspecified atom stereocenters. The third-order valence-corrected chi connectivity index (χ3v) is 4.40. The first-order valence-electron chi connectivity index (χ1n) is 4.69. The quantitative estimate of drug-likeness (QED) is 0.802. The summed E-state index contributed by atoms with van der Waals surface area (Å²) in [7, 11) is 1.98. The first-order chi connectivity index (χ1) is 7.58. The number of thiophene rings is 1. The topological polar surface area (TPSA) is 16.1 Å². The van der Waals surface area contributed by atoms with Crippen molar-refractivity contribution in [2.75, 3.05) is 11.9 Å². The number of aryl methyl sites for hydroxylation is 1. The zero-order valence-electron chi connectivity index (χ0n) is 8.87. The summed E-state index contributed by atoms with van der Waals surface area (Å²) in [6.45, 7) is 2.05. The van der Waals surface area contributed by atoms with Crippen molar-refractivity contribution in [2.45, 2.75) is 6.92 Å².